The summed E-state index contributed by atoms with van der Waals surface area (Å²) < 4.78 is 10.9. The normalized spacial score (nSPS) is 24.5. The van der Waals surface area contributed by atoms with Crippen LogP contribution in [-0.4, -0.2) is 41.2 Å². The summed E-state index contributed by atoms with van der Waals surface area (Å²) in [6.07, 6.45) is -1.02. The zero-order valence-electron chi connectivity index (χ0n) is 13.7. The molecular formula is C15H29NO4. The first-order valence-electron chi connectivity index (χ1n) is 7.13. The van der Waals surface area contributed by atoms with Gasteiger partial charge < -0.3 is 19.9 Å². The van der Waals surface area contributed by atoms with E-state index in [-0.39, 0.29) is 17.6 Å². The van der Waals surface area contributed by atoms with Crippen LogP contribution in [0.25, 0.3) is 0 Å². The summed E-state index contributed by atoms with van der Waals surface area (Å²) in [7, 11) is 0. The Morgan fingerprint density at radius 3 is 2.30 bits per heavy atom. The molecule has 1 saturated heterocycles. The van der Waals surface area contributed by atoms with E-state index in [4.69, 9.17) is 9.47 Å². The first kappa shape index (κ1) is 17.4. The van der Waals surface area contributed by atoms with E-state index in [1.165, 1.54) is 0 Å². The highest BCUT2D eigenvalue weighted by atomic mass is 16.7. The molecule has 1 aliphatic rings. The average Bonchev–Trinajstić information content (AvgIpc) is 2.52. The Bertz CT molecular complexity index is 357. The highest BCUT2D eigenvalue weighted by Crippen LogP contribution is 2.28. The van der Waals surface area contributed by atoms with Gasteiger partial charge >= 0.3 is 0 Å². The van der Waals surface area contributed by atoms with Gasteiger partial charge in [-0.05, 0) is 39.5 Å². The highest BCUT2D eigenvalue weighted by Gasteiger charge is 2.40. The van der Waals surface area contributed by atoms with Crippen LogP contribution in [0.1, 0.15) is 54.9 Å². The first-order chi connectivity index (χ1) is 8.81. The zero-order valence-corrected chi connectivity index (χ0v) is 13.7. The average molecular weight is 287 g/mol. The maximum Gasteiger partial charge on any atom is 0.252 e. The fourth-order valence-corrected chi connectivity index (χ4v) is 2.82. The van der Waals surface area contributed by atoms with Gasteiger partial charge in [0.2, 0.25) is 0 Å². The molecule has 5 nitrogen and oxygen atoms in total. The van der Waals surface area contributed by atoms with E-state index in [0.29, 0.717) is 0 Å². The molecule has 1 amide bonds. The molecule has 0 spiro atoms. The van der Waals surface area contributed by atoms with Crippen LogP contribution in [0.4, 0.5) is 0 Å². The monoisotopic (exact) mass is 287 g/mol. The second-order valence-electron chi connectivity index (χ2n) is 7.92. The summed E-state index contributed by atoms with van der Waals surface area (Å²) in [6.45, 7) is 14.0. The fraction of sp³-hybridized carbons (Fsp3) is 0.933. The lowest BCUT2D eigenvalue weighted by molar-refractivity contribution is -0.159. The van der Waals surface area contributed by atoms with Crippen molar-refractivity contribution in [2.45, 2.75) is 78.4 Å². The molecule has 0 aliphatic carbocycles. The van der Waals surface area contributed by atoms with Crippen LogP contribution in [0.15, 0.2) is 0 Å². The van der Waals surface area contributed by atoms with Gasteiger partial charge in [0.25, 0.3) is 5.91 Å². The highest BCUT2D eigenvalue weighted by molar-refractivity contribution is 5.81. The van der Waals surface area contributed by atoms with Crippen molar-refractivity contribution in [1.82, 2.24) is 5.32 Å². The Labute approximate surface area is 122 Å². The van der Waals surface area contributed by atoms with E-state index in [2.05, 4.69) is 26.1 Å². The van der Waals surface area contributed by atoms with E-state index in [1.807, 2.05) is 13.8 Å². The number of carbonyl (C=O) groups excluding carboxylic acids is 1. The molecule has 0 radical (unpaired) electrons. The number of carbonyl (C=O) groups is 1. The third-order valence-corrected chi connectivity index (χ3v) is 3.09. The van der Waals surface area contributed by atoms with Crippen molar-refractivity contribution in [2.24, 2.45) is 5.41 Å². The summed E-state index contributed by atoms with van der Waals surface area (Å²) in [5.74, 6) is -1.15. The molecular weight excluding hydrogens is 258 g/mol. The van der Waals surface area contributed by atoms with E-state index >= 15 is 0 Å². The van der Waals surface area contributed by atoms with Gasteiger partial charge in [-0.2, -0.15) is 0 Å². The fourth-order valence-electron chi connectivity index (χ4n) is 2.82. The first-order valence-corrected chi connectivity index (χ1v) is 7.13. The summed E-state index contributed by atoms with van der Waals surface area (Å²) in [5.41, 5.74) is -0.290. The lowest BCUT2D eigenvalue weighted by Crippen LogP contribution is -2.52. The lowest BCUT2D eigenvalue weighted by Gasteiger charge is -2.34. The topological polar surface area (TPSA) is 67.8 Å². The molecule has 1 heterocycles. The Morgan fingerprint density at radius 1 is 1.35 bits per heavy atom. The van der Waals surface area contributed by atoms with Crippen molar-refractivity contribution in [3.63, 3.8) is 0 Å². The minimum atomic E-state index is -1.21. The van der Waals surface area contributed by atoms with Crippen LogP contribution < -0.4 is 5.32 Å². The quantitative estimate of drug-likeness (QED) is 0.828. The third-order valence-electron chi connectivity index (χ3n) is 3.09. The van der Waals surface area contributed by atoms with Crippen LogP contribution in [0.5, 0.6) is 0 Å². The Kier molecular flexibility index (Phi) is 4.89. The summed E-state index contributed by atoms with van der Waals surface area (Å²) in [5, 5.41) is 13.0. The molecule has 5 heteroatoms. The molecule has 0 saturated carbocycles. The van der Waals surface area contributed by atoms with Gasteiger partial charge in [0, 0.05) is 5.54 Å². The van der Waals surface area contributed by atoms with Gasteiger partial charge in [0.1, 0.15) is 6.10 Å². The van der Waals surface area contributed by atoms with Gasteiger partial charge in [-0.15, -0.1) is 0 Å². The maximum atomic E-state index is 12.1. The molecule has 1 fully saturated rings. The number of aliphatic hydroxyl groups is 1. The third kappa shape index (κ3) is 5.38. The molecule has 0 bridgehead atoms. The van der Waals surface area contributed by atoms with Gasteiger partial charge in [-0.1, -0.05) is 20.8 Å². The van der Waals surface area contributed by atoms with Crippen LogP contribution in [0.2, 0.25) is 0 Å². The van der Waals surface area contributed by atoms with Gasteiger partial charge in [-0.3, -0.25) is 4.79 Å². The number of ether oxygens (including phenoxy) is 2. The number of hydrogen-bond acceptors (Lipinski definition) is 4. The molecule has 1 unspecified atom stereocenters. The van der Waals surface area contributed by atoms with E-state index < -0.39 is 23.9 Å². The van der Waals surface area contributed by atoms with Crippen molar-refractivity contribution in [2.75, 3.05) is 6.61 Å². The molecule has 118 valence electrons. The van der Waals surface area contributed by atoms with Crippen LogP contribution in [-0.2, 0) is 14.3 Å². The maximum absolute atomic E-state index is 12.1. The summed E-state index contributed by atoms with van der Waals surface area (Å²) in [4.78, 5) is 12.1. The number of nitrogens with one attached hydrogen (secondary N) is 1. The molecule has 2 N–H and O–H groups in total. The Hall–Kier alpha value is -0.650. The molecule has 0 aromatic rings. The zero-order chi connectivity index (χ0) is 15.8. The van der Waals surface area contributed by atoms with Crippen molar-refractivity contribution < 1.29 is 19.4 Å². The van der Waals surface area contributed by atoms with E-state index in [0.717, 1.165) is 6.42 Å². The minimum absolute atomic E-state index is 0.0939. The number of hydrogen-bond donors (Lipinski definition) is 2. The van der Waals surface area contributed by atoms with Gasteiger partial charge in [0.15, 0.2) is 11.9 Å². The van der Waals surface area contributed by atoms with Crippen molar-refractivity contribution in [1.29, 1.82) is 0 Å². The Morgan fingerprint density at radius 2 is 1.90 bits per heavy atom. The van der Waals surface area contributed by atoms with E-state index in [1.54, 1.807) is 13.8 Å². The standard InChI is InChI=1S/C15H29NO4/c1-13(2,3)9-14(4,5)16-12(18)11(17)10-8-19-15(6,7)20-10/h10-11,17H,8-9H2,1-7H3,(H,16,18)/t10-,11?/m0/s1. The van der Waals surface area contributed by atoms with Crippen molar-refractivity contribution >= 4 is 5.91 Å². The second kappa shape index (κ2) is 5.62. The van der Waals surface area contributed by atoms with Crippen molar-refractivity contribution in [3.8, 4) is 0 Å². The van der Waals surface area contributed by atoms with Crippen LogP contribution >= 0.6 is 0 Å². The van der Waals surface area contributed by atoms with Gasteiger partial charge in [0.05, 0.1) is 6.61 Å². The van der Waals surface area contributed by atoms with Crippen molar-refractivity contribution in [3.05, 3.63) is 0 Å². The molecule has 20 heavy (non-hydrogen) atoms. The number of amides is 1. The van der Waals surface area contributed by atoms with E-state index in [9.17, 15) is 9.90 Å². The molecule has 0 aromatic heterocycles. The molecule has 1 rings (SSSR count). The van der Waals surface area contributed by atoms with Crippen LogP contribution in [0.3, 0.4) is 0 Å². The second-order valence-corrected chi connectivity index (χ2v) is 7.92. The SMILES string of the molecule is CC(C)(C)CC(C)(C)NC(=O)C(O)[C@@H]1COC(C)(C)O1. The predicted octanol–water partition coefficient (Wildman–Crippen LogP) is 1.83. The predicted molar refractivity (Wildman–Crippen MR) is 77.2 cm³/mol. The Balaban J connectivity index is 2.58. The largest absolute Gasteiger partial charge is 0.380 e. The minimum Gasteiger partial charge on any atom is -0.380 e. The van der Waals surface area contributed by atoms with Gasteiger partial charge in [-0.25, -0.2) is 0 Å². The number of aliphatic hydroxyl groups excluding tert-OH is 1. The lowest BCUT2D eigenvalue weighted by atomic mass is 9.81. The number of rotatable bonds is 4. The summed E-state index contributed by atoms with van der Waals surface area (Å²) in [6, 6.07) is 0. The molecule has 0 aromatic carbocycles. The van der Waals surface area contributed by atoms with Crippen LogP contribution in [0, 0.1) is 5.41 Å². The molecule has 2 atom stereocenters. The smallest absolute Gasteiger partial charge is 0.252 e. The summed E-state index contributed by atoms with van der Waals surface area (Å²) >= 11 is 0. The molecule has 1 aliphatic heterocycles.